The summed E-state index contributed by atoms with van der Waals surface area (Å²) in [7, 11) is 1.56. The Balaban J connectivity index is 1.95. The molecular weight excluding hydrogens is 256 g/mol. The van der Waals surface area contributed by atoms with Gasteiger partial charge in [0.2, 0.25) is 5.91 Å². The lowest BCUT2D eigenvalue weighted by Crippen LogP contribution is -2.47. The number of ether oxygens (including phenoxy) is 1. The zero-order valence-corrected chi connectivity index (χ0v) is 12.4. The summed E-state index contributed by atoms with van der Waals surface area (Å²) in [6.45, 7) is 4.33. The third-order valence-corrected chi connectivity index (χ3v) is 4.03. The third-order valence-electron chi connectivity index (χ3n) is 4.03. The van der Waals surface area contributed by atoms with Crippen LogP contribution in [0.25, 0.3) is 0 Å². The number of likely N-dealkylation sites (tertiary alicyclic amines) is 1. The second-order valence-electron chi connectivity index (χ2n) is 5.63. The Morgan fingerprint density at radius 2 is 2.20 bits per heavy atom. The highest BCUT2D eigenvalue weighted by molar-refractivity contribution is 5.87. The summed E-state index contributed by atoms with van der Waals surface area (Å²) in [4.78, 5) is 28.1. The summed E-state index contributed by atoms with van der Waals surface area (Å²) in [6.07, 6.45) is 5.37. The van der Waals surface area contributed by atoms with E-state index in [4.69, 9.17) is 4.74 Å². The zero-order valence-electron chi connectivity index (χ0n) is 12.4. The second-order valence-corrected chi connectivity index (χ2v) is 5.63. The highest BCUT2D eigenvalue weighted by Gasteiger charge is 2.29. The van der Waals surface area contributed by atoms with Gasteiger partial charge in [-0.1, -0.05) is 11.6 Å². The first kappa shape index (κ1) is 15.0. The van der Waals surface area contributed by atoms with Gasteiger partial charge in [0.25, 0.3) is 5.91 Å². The van der Waals surface area contributed by atoms with Crippen molar-refractivity contribution in [3.05, 3.63) is 11.6 Å². The van der Waals surface area contributed by atoms with Crippen LogP contribution in [0.4, 0.5) is 0 Å². The van der Waals surface area contributed by atoms with Crippen molar-refractivity contribution < 1.29 is 14.3 Å². The molecule has 2 aliphatic rings. The van der Waals surface area contributed by atoms with E-state index in [1.807, 2.05) is 11.8 Å². The number of nitrogens with zero attached hydrogens (tertiary/aromatic N) is 2. The highest BCUT2D eigenvalue weighted by Crippen LogP contribution is 2.15. The molecule has 0 aliphatic carbocycles. The maximum atomic E-state index is 12.3. The van der Waals surface area contributed by atoms with Crippen molar-refractivity contribution in [1.29, 1.82) is 0 Å². The molecule has 5 nitrogen and oxygen atoms in total. The molecule has 1 saturated heterocycles. The quantitative estimate of drug-likeness (QED) is 0.730. The molecule has 0 radical (unpaired) electrons. The molecule has 2 amide bonds. The summed E-state index contributed by atoms with van der Waals surface area (Å²) in [6, 6.07) is 0. The molecule has 112 valence electrons. The lowest BCUT2D eigenvalue weighted by Gasteiger charge is -2.30. The minimum atomic E-state index is -0.381. The summed E-state index contributed by atoms with van der Waals surface area (Å²) in [5.74, 6) is 0.00479. The number of rotatable bonds is 3. The maximum absolute atomic E-state index is 12.3. The summed E-state index contributed by atoms with van der Waals surface area (Å²) >= 11 is 0. The minimum Gasteiger partial charge on any atom is -0.372 e. The average molecular weight is 280 g/mol. The minimum absolute atomic E-state index is 0.0392. The van der Waals surface area contributed by atoms with Gasteiger partial charge >= 0.3 is 0 Å². The van der Waals surface area contributed by atoms with Crippen molar-refractivity contribution in [2.24, 2.45) is 0 Å². The number of carbonyl (C=O) groups excluding carboxylic acids is 2. The molecule has 0 N–H and O–H groups in total. The van der Waals surface area contributed by atoms with Gasteiger partial charge < -0.3 is 14.5 Å². The number of carbonyl (C=O) groups is 2. The van der Waals surface area contributed by atoms with Gasteiger partial charge in [-0.15, -0.1) is 0 Å². The molecule has 1 fully saturated rings. The molecule has 2 heterocycles. The van der Waals surface area contributed by atoms with Crippen molar-refractivity contribution in [3.8, 4) is 0 Å². The Bertz CT molecular complexity index is 406. The number of methoxy groups -OCH3 is 1. The van der Waals surface area contributed by atoms with Gasteiger partial charge in [-0.3, -0.25) is 9.59 Å². The van der Waals surface area contributed by atoms with Gasteiger partial charge in [0, 0.05) is 26.7 Å². The number of amides is 2. The van der Waals surface area contributed by atoms with Crippen LogP contribution in [0.2, 0.25) is 0 Å². The molecule has 2 rings (SSSR count). The van der Waals surface area contributed by atoms with Crippen LogP contribution in [-0.4, -0.2) is 61.0 Å². The highest BCUT2D eigenvalue weighted by atomic mass is 16.5. The van der Waals surface area contributed by atoms with Gasteiger partial charge in [-0.25, -0.2) is 0 Å². The largest absolute Gasteiger partial charge is 0.372 e. The Kier molecular flexibility index (Phi) is 5.17. The molecule has 1 unspecified atom stereocenters. The zero-order chi connectivity index (χ0) is 14.5. The van der Waals surface area contributed by atoms with E-state index in [2.05, 4.69) is 6.08 Å². The fourth-order valence-corrected chi connectivity index (χ4v) is 2.83. The molecule has 0 bridgehead atoms. The average Bonchev–Trinajstić information content (AvgIpc) is 2.61. The lowest BCUT2D eigenvalue weighted by molar-refractivity contribution is -0.146. The predicted molar refractivity (Wildman–Crippen MR) is 76.2 cm³/mol. The van der Waals surface area contributed by atoms with Crippen LogP contribution in [0.1, 0.15) is 32.6 Å². The monoisotopic (exact) mass is 280 g/mol. The Labute approximate surface area is 120 Å². The Hall–Kier alpha value is -1.36. The Morgan fingerprint density at radius 1 is 1.40 bits per heavy atom. The van der Waals surface area contributed by atoms with Gasteiger partial charge in [0.1, 0.15) is 6.10 Å². The predicted octanol–water partition coefficient (Wildman–Crippen LogP) is 1.19. The molecular formula is C15H24N2O3. The lowest BCUT2D eigenvalue weighted by atomic mass is 10.1. The number of hydrogen-bond donors (Lipinski definition) is 0. The van der Waals surface area contributed by atoms with Crippen molar-refractivity contribution >= 4 is 11.8 Å². The molecule has 0 aromatic rings. The van der Waals surface area contributed by atoms with Crippen molar-refractivity contribution in [3.63, 3.8) is 0 Å². The van der Waals surface area contributed by atoms with Crippen LogP contribution in [0.15, 0.2) is 11.6 Å². The maximum Gasteiger partial charge on any atom is 0.252 e. The molecule has 0 spiro atoms. The van der Waals surface area contributed by atoms with Gasteiger partial charge in [-0.2, -0.15) is 0 Å². The van der Waals surface area contributed by atoms with Crippen molar-refractivity contribution in [2.45, 2.75) is 38.7 Å². The fraction of sp³-hybridized carbons (Fsp3) is 0.733. The summed E-state index contributed by atoms with van der Waals surface area (Å²) in [5, 5.41) is 0. The first-order valence-corrected chi connectivity index (χ1v) is 7.37. The molecule has 1 atom stereocenters. The molecule has 20 heavy (non-hydrogen) atoms. The van der Waals surface area contributed by atoms with Gasteiger partial charge in [-0.05, 0) is 32.6 Å². The summed E-state index contributed by atoms with van der Waals surface area (Å²) < 4.78 is 5.23. The van der Waals surface area contributed by atoms with Crippen LogP contribution in [0.5, 0.6) is 0 Å². The van der Waals surface area contributed by atoms with Crippen LogP contribution >= 0.6 is 0 Å². The summed E-state index contributed by atoms with van der Waals surface area (Å²) in [5.41, 5.74) is 1.22. The standard InChI is InChI=1S/C15H24N2O3/c1-12-6-5-9-16(10-12)14(18)11-17-8-4-3-7-13(20-2)15(17)19/h6,13H,3-5,7-11H2,1-2H3. The number of hydrogen-bond acceptors (Lipinski definition) is 3. The van der Waals surface area contributed by atoms with Crippen LogP contribution in [0, 0.1) is 0 Å². The van der Waals surface area contributed by atoms with Crippen LogP contribution < -0.4 is 0 Å². The topological polar surface area (TPSA) is 49.9 Å². The van der Waals surface area contributed by atoms with E-state index in [1.54, 1.807) is 12.0 Å². The molecule has 5 heteroatoms. The van der Waals surface area contributed by atoms with E-state index in [0.29, 0.717) is 13.1 Å². The van der Waals surface area contributed by atoms with Crippen molar-refractivity contribution in [1.82, 2.24) is 9.80 Å². The first-order chi connectivity index (χ1) is 9.61. The fourth-order valence-electron chi connectivity index (χ4n) is 2.83. The van der Waals surface area contributed by atoms with Crippen LogP contribution in [-0.2, 0) is 14.3 Å². The normalized spacial score (nSPS) is 24.4. The van der Waals surface area contributed by atoms with E-state index in [1.165, 1.54) is 5.57 Å². The first-order valence-electron chi connectivity index (χ1n) is 7.37. The molecule has 0 aromatic carbocycles. The molecule has 0 aromatic heterocycles. The van der Waals surface area contributed by atoms with E-state index in [9.17, 15) is 9.59 Å². The second kappa shape index (κ2) is 6.88. The van der Waals surface area contributed by atoms with E-state index in [-0.39, 0.29) is 24.5 Å². The third kappa shape index (κ3) is 3.60. The smallest absolute Gasteiger partial charge is 0.252 e. The van der Waals surface area contributed by atoms with E-state index < -0.39 is 0 Å². The van der Waals surface area contributed by atoms with Gasteiger partial charge in [0.05, 0.1) is 6.54 Å². The van der Waals surface area contributed by atoms with Gasteiger partial charge in [0.15, 0.2) is 0 Å². The van der Waals surface area contributed by atoms with E-state index in [0.717, 1.165) is 32.2 Å². The Morgan fingerprint density at radius 3 is 2.90 bits per heavy atom. The van der Waals surface area contributed by atoms with Crippen molar-refractivity contribution in [2.75, 3.05) is 33.3 Å². The van der Waals surface area contributed by atoms with Crippen LogP contribution in [0.3, 0.4) is 0 Å². The molecule has 2 aliphatic heterocycles. The molecule has 0 saturated carbocycles. The van der Waals surface area contributed by atoms with E-state index >= 15 is 0 Å². The SMILES string of the molecule is COC1CCCCN(CC(=O)N2CCC=C(C)C2)C1=O.